The molecule has 1 heterocycles. The number of carbonyl (C=O) groups is 2. The summed E-state index contributed by atoms with van der Waals surface area (Å²) in [7, 11) is 1.54. The Hall–Kier alpha value is -3.90. The molecule has 1 aliphatic rings. The highest BCUT2D eigenvalue weighted by molar-refractivity contribution is 6.46. The van der Waals surface area contributed by atoms with Crippen LogP contribution in [0.4, 0.5) is 0 Å². The molecule has 6 heteroatoms. The quantitative estimate of drug-likeness (QED) is 0.286. The second kappa shape index (κ2) is 10.6. The number of carbonyl (C=O) groups excluding carboxylic acids is 2. The van der Waals surface area contributed by atoms with Gasteiger partial charge in [-0.1, -0.05) is 59.7 Å². The SMILES string of the molecule is COCCN1C(=O)C(=O)/C(=C(\O)c2ccc(OCc3cccc(C)c3)cc2)C1c1ccc(C)cc1. The van der Waals surface area contributed by atoms with E-state index in [0.29, 0.717) is 17.9 Å². The van der Waals surface area contributed by atoms with Crippen LogP contribution < -0.4 is 4.74 Å². The van der Waals surface area contributed by atoms with Crippen LogP contribution in [0.3, 0.4) is 0 Å². The average molecular weight is 472 g/mol. The Morgan fingerprint density at radius 1 is 0.943 bits per heavy atom. The first-order valence-corrected chi connectivity index (χ1v) is 11.5. The van der Waals surface area contributed by atoms with Gasteiger partial charge in [0, 0.05) is 19.2 Å². The van der Waals surface area contributed by atoms with Crippen molar-refractivity contribution in [2.75, 3.05) is 20.3 Å². The van der Waals surface area contributed by atoms with E-state index in [1.807, 2.05) is 56.3 Å². The van der Waals surface area contributed by atoms with E-state index >= 15 is 0 Å². The largest absolute Gasteiger partial charge is 0.507 e. The number of rotatable bonds is 8. The molecule has 4 rings (SSSR count). The summed E-state index contributed by atoms with van der Waals surface area (Å²) >= 11 is 0. The molecular formula is C29H29NO5. The summed E-state index contributed by atoms with van der Waals surface area (Å²) in [6.45, 7) is 4.94. The van der Waals surface area contributed by atoms with Gasteiger partial charge >= 0.3 is 0 Å². The molecule has 0 radical (unpaired) electrons. The minimum absolute atomic E-state index is 0.0726. The Kier molecular flexibility index (Phi) is 7.32. The van der Waals surface area contributed by atoms with Crippen molar-refractivity contribution in [2.24, 2.45) is 0 Å². The van der Waals surface area contributed by atoms with Crippen LogP contribution in [0.15, 0.2) is 78.4 Å². The molecule has 0 saturated carbocycles. The minimum atomic E-state index is -0.705. The molecule has 1 atom stereocenters. The predicted octanol–water partition coefficient (Wildman–Crippen LogP) is 4.95. The average Bonchev–Trinajstić information content (AvgIpc) is 3.11. The molecule has 3 aromatic carbocycles. The van der Waals surface area contributed by atoms with Crippen LogP contribution in [0.2, 0.25) is 0 Å². The van der Waals surface area contributed by atoms with Crippen molar-refractivity contribution in [1.82, 2.24) is 4.90 Å². The van der Waals surface area contributed by atoms with E-state index in [0.717, 1.165) is 22.3 Å². The van der Waals surface area contributed by atoms with Crippen LogP contribution >= 0.6 is 0 Å². The van der Waals surface area contributed by atoms with E-state index in [2.05, 4.69) is 6.07 Å². The molecule has 1 fully saturated rings. The topological polar surface area (TPSA) is 76.1 Å². The van der Waals surface area contributed by atoms with Crippen molar-refractivity contribution in [3.05, 3.63) is 106 Å². The Labute approximate surface area is 205 Å². The van der Waals surface area contributed by atoms with Gasteiger partial charge in [0.25, 0.3) is 11.7 Å². The lowest BCUT2D eigenvalue weighted by molar-refractivity contribution is -0.140. The van der Waals surface area contributed by atoms with Gasteiger partial charge < -0.3 is 19.5 Å². The number of ether oxygens (including phenoxy) is 2. The van der Waals surface area contributed by atoms with Crippen molar-refractivity contribution in [2.45, 2.75) is 26.5 Å². The first-order chi connectivity index (χ1) is 16.9. The van der Waals surface area contributed by atoms with Crippen molar-refractivity contribution in [3.8, 4) is 5.75 Å². The summed E-state index contributed by atoms with van der Waals surface area (Å²) in [6.07, 6.45) is 0. The molecule has 1 unspecified atom stereocenters. The zero-order valence-corrected chi connectivity index (χ0v) is 20.2. The highest BCUT2D eigenvalue weighted by Gasteiger charge is 2.45. The molecule has 0 spiro atoms. The lowest BCUT2D eigenvalue weighted by Crippen LogP contribution is -2.32. The molecule has 1 amide bonds. The van der Waals surface area contributed by atoms with E-state index in [4.69, 9.17) is 9.47 Å². The molecule has 1 saturated heterocycles. The van der Waals surface area contributed by atoms with Crippen molar-refractivity contribution < 1.29 is 24.2 Å². The third kappa shape index (κ3) is 5.28. The highest BCUT2D eigenvalue weighted by atomic mass is 16.5. The number of Topliss-reactive ketones (excluding diaryl/α,β-unsaturated/α-hetero) is 1. The summed E-state index contributed by atoms with van der Waals surface area (Å²) < 4.78 is 11.0. The number of aliphatic hydroxyl groups excluding tert-OH is 1. The Balaban J connectivity index is 1.63. The highest BCUT2D eigenvalue weighted by Crippen LogP contribution is 2.39. The molecule has 1 aliphatic heterocycles. The van der Waals surface area contributed by atoms with Gasteiger partial charge in [-0.25, -0.2) is 0 Å². The monoisotopic (exact) mass is 471 g/mol. The zero-order chi connectivity index (χ0) is 24.9. The second-order valence-electron chi connectivity index (χ2n) is 8.70. The normalized spacial score (nSPS) is 17.1. The predicted molar refractivity (Wildman–Crippen MR) is 134 cm³/mol. The molecular weight excluding hydrogens is 442 g/mol. The van der Waals surface area contributed by atoms with Crippen LogP contribution in [-0.2, 0) is 20.9 Å². The number of hydrogen-bond acceptors (Lipinski definition) is 5. The third-order valence-electron chi connectivity index (χ3n) is 6.09. The van der Waals surface area contributed by atoms with Gasteiger partial charge in [-0.15, -0.1) is 0 Å². The lowest BCUT2D eigenvalue weighted by Gasteiger charge is -2.25. The van der Waals surface area contributed by atoms with Crippen LogP contribution in [0.1, 0.15) is 33.9 Å². The number of aliphatic hydroxyl groups is 1. The molecule has 0 bridgehead atoms. The molecule has 3 aromatic rings. The fraction of sp³-hybridized carbons (Fsp3) is 0.241. The van der Waals surface area contributed by atoms with Gasteiger partial charge in [0.1, 0.15) is 18.1 Å². The van der Waals surface area contributed by atoms with E-state index in [1.54, 1.807) is 31.4 Å². The van der Waals surface area contributed by atoms with Crippen molar-refractivity contribution in [1.29, 1.82) is 0 Å². The summed E-state index contributed by atoms with van der Waals surface area (Å²) in [5, 5.41) is 11.2. The molecule has 0 aromatic heterocycles. The van der Waals surface area contributed by atoms with Crippen molar-refractivity contribution in [3.63, 3.8) is 0 Å². The number of nitrogens with zero attached hydrogens (tertiary/aromatic N) is 1. The number of amides is 1. The lowest BCUT2D eigenvalue weighted by atomic mass is 9.94. The summed E-state index contributed by atoms with van der Waals surface area (Å²) in [5.41, 5.74) is 4.55. The number of aryl methyl sites for hydroxylation is 2. The standard InChI is InChI=1S/C29H29NO5/c1-19-7-9-22(10-8-19)26-25(28(32)29(33)30(26)15-16-34-3)27(31)23-11-13-24(14-12-23)35-18-21-6-4-5-20(2)17-21/h4-14,17,26,31H,15-16,18H2,1-3H3/b27-25-. The molecule has 1 N–H and O–H groups in total. The Morgan fingerprint density at radius 2 is 1.66 bits per heavy atom. The van der Waals surface area contributed by atoms with Crippen molar-refractivity contribution >= 4 is 17.4 Å². The van der Waals surface area contributed by atoms with Gasteiger partial charge in [-0.05, 0) is 49.2 Å². The second-order valence-corrected chi connectivity index (χ2v) is 8.70. The summed E-state index contributed by atoms with van der Waals surface area (Å²) in [5.74, 6) is -0.922. The number of ketones is 1. The number of hydrogen-bond donors (Lipinski definition) is 1. The fourth-order valence-electron chi connectivity index (χ4n) is 4.23. The van der Waals surface area contributed by atoms with Gasteiger partial charge in [-0.2, -0.15) is 0 Å². The fourth-order valence-corrected chi connectivity index (χ4v) is 4.23. The summed E-state index contributed by atoms with van der Waals surface area (Å²) in [6, 6.07) is 21.9. The molecule has 180 valence electrons. The molecule has 6 nitrogen and oxygen atoms in total. The van der Waals surface area contributed by atoms with E-state index in [-0.39, 0.29) is 24.5 Å². The maximum Gasteiger partial charge on any atom is 0.295 e. The first-order valence-electron chi connectivity index (χ1n) is 11.5. The third-order valence-corrected chi connectivity index (χ3v) is 6.09. The van der Waals surface area contributed by atoms with E-state index in [9.17, 15) is 14.7 Å². The van der Waals surface area contributed by atoms with Gasteiger partial charge in [0.2, 0.25) is 0 Å². The number of benzene rings is 3. The van der Waals surface area contributed by atoms with Crippen LogP contribution in [-0.4, -0.2) is 42.0 Å². The molecule has 35 heavy (non-hydrogen) atoms. The smallest absolute Gasteiger partial charge is 0.295 e. The number of likely N-dealkylation sites (tertiary alicyclic amines) is 1. The first kappa shape index (κ1) is 24.2. The maximum absolute atomic E-state index is 13.0. The Bertz CT molecular complexity index is 1240. The van der Waals surface area contributed by atoms with Gasteiger partial charge in [0.05, 0.1) is 18.2 Å². The van der Waals surface area contributed by atoms with Crippen LogP contribution in [0, 0.1) is 13.8 Å². The van der Waals surface area contributed by atoms with Gasteiger partial charge in [-0.3, -0.25) is 9.59 Å². The number of methoxy groups -OCH3 is 1. The van der Waals surface area contributed by atoms with Crippen LogP contribution in [0.5, 0.6) is 5.75 Å². The summed E-state index contributed by atoms with van der Waals surface area (Å²) in [4.78, 5) is 27.3. The van der Waals surface area contributed by atoms with E-state index in [1.165, 1.54) is 4.90 Å². The van der Waals surface area contributed by atoms with Gasteiger partial charge in [0.15, 0.2) is 0 Å². The van der Waals surface area contributed by atoms with Crippen LogP contribution in [0.25, 0.3) is 5.76 Å². The minimum Gasteiger partial charge on any atom is -0.507 e. The zero-order valence-electron chi connectivity index (χ0n) is 20.2. The molecule has 0 aliphatic carbocycles. The maximum atomic E-state index is 13.0. The Morgan fingerprint density at radius 3 is 2.31 bits per heavy atom. The van der Waals surface area contributed by atoms with E-state index < -0.39 is 17.7 Å².